The van der Waals surface area contributed by atoms with Crippen LogP contribution in [0.25, 0.3) is 5.65 Å². The second-order valence-corrected chi connectivity index (χ2v) is 3.62. The van der Waals surface area contributed by atoms with Crippen LogP contribution in [0.5, 0.6) is 0 Å². The second-order valence-electron chi connectivity index (χ2n) is 2.85. The molecule has 15 heavy (non-hydrogen) atoms. The maximum absolute atomic E-state index is 5.92. The summed E-state index contributed by atoms with van der Waals surface area (Å²) >= 11 is 11.7. The van der Waals surface area contributed by atoms with Crippen LogP contribution in [0.15, 0.2) is 6.07 Å². The Kier molecular flexibility index (Phi) is 3.94. The summed E-state index contributed by atoms with van der Waals surface area (Å²) in [5.41, 5.74) is 2.64. The number of aryl methyl sites for hydroxylation is 2. The van der Waals surface area contributed by atoms with Crippen LogP contribution in [0.4, 0.5) is 0 Å². The van der Waals surface area contributed by atoms with Gasteiger partial charge in [-0.1, -0.05) is 37.0 Å². The lowest BCUT2D eigenvalue weighted by atomic mass is 10.3. The van der Waals surface area contributed by atoms with Crippen LogP contribution in [0.3, 0.4) is 0 Å². The molecule has 0 spiro atoms. The van der Waals surface area contributed by atoms with Crippen LogP contribution in [0.1, 0.15) is 25.1 Å². The number of nitrogens with zero attached hydrogens (tertiary/aromatic N) is 3. The molecule has 2 heterocycles. The van der Waals surface area contributed by atoms with Crippen molar-refractivity contribution in [1.29, 1.82) is 0 Å². The van der Waals surface area contributed by atoms with Crippen molar-refractivity contribution in [2.45, 2.75) is 27.7 Å². The molecule has 0 bridgehead atoms. The van der Waals surface area contributed by atoms with Crippen molar-refractivity contribution >= 4 is 28.8 Å². The van der Waals surface area contributed by atoms with Crippen molar-refractivity contribution in [2.24, 2.45) is 0 Å². The average Bonchev–Trinajstić information content (AvgIpc) is 2.49. The van der Waals surface area contributed by atoms with Gasteiger partial charge in [-0.15, -0.1) is 0 Å². The van der Waals surface area contributed by atoms with Gasteiger partial charge >= 0.3 is 0 Å². The number of halogens is 2. The maximum atomic E-state index is 5.92. The Bertz CT molecular complexity index is 477. The third-order valence-corrected chi connectivity index (χ3v) is 2.44. The molecule has 0 aromatic carbocycles. The normalized spacial score (nSPS) is 10.0. The molecule has 0 saturated carbocycles. The van der Waals surface area contributed by atoms with Crippen LogP contribution >= 0.6 is 23.2 Å². The van der Waals surface area contributed by atoms with Gasteiger partial charge in [0.1, 0.15) is 10.3 Å². The van der Waals surface area contributed by atoms with Crippen LogP contribution in [-0.2, 0) is 0 Å². The molecule has 0 radical (unpaired) electrons. The van der Waals surface area contributed by atoms with Gasteiger partial charge in [-0.2, -0.15) is 5.10 Å². The minimum Gasteiger partial charge on any atom is -0.216 e. The molecule has 0 fully saturated rings. The molecular formula is C10H13Cl2N3. The van der Waals surface area contributed by atoms with Gasteiger partial charge in [0.2, 0.25) is 0 Å². The zero-order valence-electron chi connectivity index (χ0n) is 9.17. The fraction of sp³-hybridized carbons (Fsp3) is 0.400. The molecule has 0 N–H and O–H groups in total. The highest BCUT2D eigenvalue weighted by atomic mass is 35.5. The second kappa shape index (κ2) is 4.81. The lowest BCUT2D eigenvalue weighted by Crippen LogP contribution is -1.92. The first kappa shape index (κ1) is 12.3. The summed E-state index contributed by atoms with van der Waals surface area (Å²) in [4.78, 5) is 4.14. The molecule has 2 rings (SSSR count). The van der Waals surface area contributed by atoms with E-state index in [1.165, 1.54) is 0 Å². The van der Waals surface area contributed by atoms with Gasteiger partial charge in [0.05, 0.1) is 5.69 Å². The number of hydrogen-bond acceptors (Lipinski definition) is 2. The van der Waals surface area contributed by atoms with Crippen LogP contribution in [0, 0.1) is 13.8 Å². The highest BCUT2D eigenvalue weighted by Gasteiger charge is 2.09. The van der Waals surface area contributed by atoms with Crippen molar-refractivity contribution in [1.82, 2.24) is 14.6 Å². The fourth-order valence-electron chi connectivity index (χ4n) is 1.17. The molecule has 0 aliphatic rings. The highest BCUT2D eigenvalue weighted by molar-refractivity contribution is 6.33. The van der Waals surface area contributed by atoms with E-state index in [-0.39, 0.29) is 0 Å². The Balaban J connectivity index is 0.000000531. The van der Waals surface area contributed by atoms with E-state index in [0.29, 0.717) is 10.3 Å². The van der Waals surface area contributed by atoms with Gasteiger partial charge in [0.25, 0.3) is 0 Å². The number of rotatable bonds is 0. The minimum absolute atomic E-state index is 0.389. The van der Waals surface area contributed by atoms with E-state index in [1.807, 2.05) is 27.7 Å². The predicted octanol–water partition coefficient (Wildman–Crippen LogP) is 3.68. The van der Waals surface area contributed by atoms with E-state index in [9.17, 15) is 0 Å². The van der Waals surface area contributed by atoms with E-state index in [2.05, 4.69) is 10.1 Å². The Labute approximate surface area is 99.0 Å². The third-order valence-electron chi connectivity index (χ3n) is 1.98. The van der Waals surface area contributed by atoms with Gasteiger partial charge in [0.15, 0.2) is 5.65 Å². The van der Waals surface area contributed by atoms with Crippen molar-refractivity contribution in [3.8, 4) is 0 Å². The first-order valence-corrected chi connectivity index (χ1v) is 5.53. The minimum atomic E-state index is 0.389. The molecule has 2 aromatic rings. The van der Waals surface area contributed by atoms with Crippen molar-refractivity contribution in [3.63, 3.8) is 0 Å². The summed E-state index contributed by atoms with van der Waals surface area (Å²) in [5.74, 6) is 0. The maximum Gasteiger partial charge on any atom is 0.161 e. The van der Waals surface area contributed by atoms with Crippen molar-refractivity contribution in [2.75, 3.05) is 0 Å². The molecule has 2 aromatic heterocycles. The topological polar surface area (TPSA) is 30.2 Å². The Morgan fingerprint density at radius 3 is 2.40 bits per heavy atom. The van der Waals surface area contributed by atoms with E-state index in [0.717, 1.165) is 16.9 Å². The largest absolute Gasteiger partial charge is 0.216 e. The fourth-order valence-corrected chi connectivity index (χ4v) is 1.63. The van der Waals surface area contributed by atoms with Gasteiger partial charge in [-0.3, -0.25) is 0 Å². The van der Waals surface area contributed by atoms with Gasteiger partial charge in [-0.05, 0) is 13.8 Å². The first-order chi connectivity index (χ1) is 7.09. The predicted molar refractivity (Wildman–Crippen MR) is 63.8 cm³/mol. The molecule has 0 unspecified atom stereocenters. The van der Waals surface area contributed by atoms with Gasteiger partial charge in [0, 0.05) is 11.6 Å². The highest BCUT2D eigenvalue weighted by Crippen LogP contribution is 2.20. The van der Waals surface area contributed by atoms with E-state index in [4.69, 9.17) is 23.2 Å². The van der Waals surface area contributed by atoms with E-state index < -0.39 is 0 Å². The molecule has 0 atom stereocenters. The van der Waals surface area contributed by atoms with E-state index >= 15 is 0 Å². The molecule has 82 valence electrons. The van der Waals surface area contributed by atoms with E-state index in [1.54, 1.807) is 10.6 Å². The zero-order valence-corrected chi connectivity index (χ0v) is 10.7. The average molecular weight is 246 g/mol. The number of fused-ring (bicyclic) bond motifs is 1. The Hall–Kier alpha value is -0.800. The zero-order chi connectivity index (χ0) is 11.6. The third kappa shape index (κ3) is 2.24. The number of aromatic nitrogens is 3. The summed E-state index contributed by atoms with van der Waals surface area (Å²) in [5, 5.41) is 5.08. The standard InChI is InChI=1S/C8H7Cl2N3.C2H6/c1-4-5(2)12-13-7(10)3-6(9)11-8(4)13;1-2/h3H,1-2H3;1-2H3. The lowest BCUT2D eigenvalue weighted by Gasteiger charge is -1.96. The van der Waals surface area contributed by atoms with Crippen LogP contribution < -0.4 is 0 Å². The molecule has 5 heteroatoms. The van der Waals surface area contributed by atoms with Gasteiger partial charge < -0.3 is 0 Å². The summed E-state index contributed by atoms with van der Waals surface area (Å²) in [7, 11) is 0. The summed E-state index contributed by atoms with van der Waals surface area (Å²) < 4.78 is 1.58. The quantitative estimate of drug-likeness (QED) is 0.664. The first-order valence-electron chi connectivity index (χ1n) is 4.77. The van der Waals surface area contributed by atoms with Crippen LogP contribution in [0.2, 0.25) is 10.3 Å². The summed E-state index contributed by atoms with van der Waals surface area (Å²) in [6.45, 7) is 7.85. The smallest absolute Gasteiger partial charge is 0.161 e. The van der Waals surface area contributed by atoms with Crippen molar-refractivity contribution < 1.29 is 0 Å². The Morgan fingerprint density at radius 1 is 1.20 bits per heavy atom. The molecule has 0 aliphatic carbocycles. The summed E-state index contributed by atoms with van der Waals surface area (Å²) in [6, 6.07) is 1.57. The molecule has 3 nitrogen and oxygen atoms in total. The SMILES string of the molecule is CC.Cc1nn2c(Cl)cc(Cl)nc2c1C. The van der Waals surface area contributed by atoms with Gasteiger partial charge in [-0.25, -0.2) is 9.50 Å². The lowest BCUT2D eigenvalue weighted by molar-refractivity contribution is 0.918. The summed E-state index contributed by atoms with van der Waals surface area (Å²) in [6.07, 6.45) is 0. The van der Waals surface area contributed by atoms with Crippen molar-refractivity contribution in [3.05, 3.63) is 27.6 Å². The monoisotopic (exact) mass is 245 g/mol. The molecule has 0 amide bonds. The molecule has 0 aliphatic heterocycles. The number of hydrogen-bond donors (Lipinski definition) is 0. The molecular weight excluding hydrogens is 233 g/mol. The van der Waals surface area contributed by atoms with Crippen LogP contribution in [-0.4, -0.2) is 14.6 Å². The molecule has 0 saturated heterocycles. The Morgan fingerprint density at radius 2 is 1.80 bits per heavy atom.